The van der Waals surface area contributed by atoms with Gasteiger partial charge in [-0.05, 0) is 37.5 Å². The first-order valence-corrected chi connectivity index (χ1v) is 5.72. The number of carboxylic acids is 1. The third-order valence-corrected chi connectivity index (χ3v) is 3.12. The van der Waals surface area contributed by atoms with E-state index >= 15 is 0 Å². The van der Waals surface area contributed by atoms with Crippen molar-refractivity contribution in [2.24, 2.45) is 0 Å². The molecule has 1 aliphatic heterocycles. The summed E-state index contributed by atoms with van der Waals surface area (Å²) in [6.07, 6.45) is 2.32. The van der Waals surface area contributed by atoms with E-state index < -0.39 is 5.97 Å². The first kappa shape index (κ1) is 11.0. The molecule has 0 aromatic heterocycles. The molecule has 0 saturated carbocycles. The molecule has 0 aliphatic carbocycles. The summed E-state index contributed by atoms with van der Waals surface area (Å²) in [5, 5.41) is 8.87. The van der Waals surface area contributed by atoms with Gasteiger partial charge in [0, 0.05) is 18.3 Å². The van der Waals surface area contributed by atoms with Gasteiger partial charge in [0.1, 0.15) is 0 Å². The van der Waals surface area contributed by atoms with Gasteiger partial charge in [0.25, 0.3) is 0 Å². The van der Waals surface area contributed by atoms with Crippen molar-refractivity contribution in [2.45, 2.75) is 32.2 Å². The summed E-state index contributed by atoms with van der Waals surface area (Å²) in [4.78, 5) is 13.0. The minimum atomic E-state index is -0.704. The number of aliphatic carboxylic acids is 1. The van der Waals surface area contributed by atoms with Gasteiger partial charge in [0.15, 0.2) is 0 Å². The average Bonchev–Trinajstić information content (AvgIpc) is 2.65. The second kappa shape index (κ2) is 4.56. The Labute approximate surface area is 95.7 Å². The Morgan fingerprint density at radius 2 is 2.38 bits per heavy atom. The molecule has 0 unspecified atom stereocenters. The van der Waals surface area contributed by atoms with Crippen LogP contribution in [0.15, 0.2) is 24.3 Å². The fraction of sp³-hybridized carbons (Fsp3) is 0.462. The number of anilines is 1. The normalized spacial score (nSPS) is 20.1. The van der Waals surface area contributed by atoms with Crippen LogP contribution in [0.4, 0.5) is 5.69 Å². The summed E-state index contributed by atoms with van der Waals surface area (Å²) in [6, 6.07) is 8.44. The first-order valence-electron chi connectivity index (χ1n) is 5.72. The molecule has 2 rings (SSSR count). The number of aryl methyl sites for hydroxylation is 1. The summed E-state index contributed by atoms with van der Waals surface area (Å²) in [7, 11) is 0. The van der Waals surface area contributed by atoms with Crippen LogP contribution in [0.5, 0.6) is 0 Å². The van der Waals surface area contributed by atoms with Crippen molar-refractivity contribution in [3.63, 3.8) is 0 Å². The van der Waals surface area contributed by atoms with Gasteiger partial charge in [-0.3, -0.25) is 4.79 Å². The van der Waals surface area contributed by atoms with Crippen LogP contribution in [0, 0.1) is 6.92 Å². The van der Waals surface area contributed by atoms with Crippen LogP contribution >= 0.6 is 0 Å². The van der Waals surface area contributed by atoms with Gasteiger partial charge in [0.05, 0.1) is 6.42 Å². The van der Waals surface area contributed by atoms with Gasteiger partial charge in [-0.25, -0.2) is 0 Å². The van der Waals surface area contributed by atoms with Gasteiger partial charge in [-0.15, -0.1) is 0 Å². The van der Waals surface area contributed by atoms with E-state index in [1.807, 2.05) is 6.07 Å². The van der Waals surface area contributed by atoms with Gasteiger partial charge >= 0.3 is 5.97 Å². The lowest BCUT2D eigenvalue weighted by molar-refractivity contribution is -0.137. The second-order valence-electron chi connectivity index (χ2n) is 4.43. The maximum atomic E-state index is 10.8. The zero-order valence-electron chi connectivity index (χ0n) is 9.52. The van der Waals surface area contributed by atoms with Crippen LogP contribution in [-0.4, -0.2) is 23.7 Å². The van der Waals surface area contributed by atoms with Crippen LogP contribution in [-0.2, 0) is 4.79 Å². The van der Waals surface area contributed by atoms with Crippen molar-refractivity contribution < 1.29 is 9.90 Å². The lowest BCUT2D eigenvalue weighted by Crippen LogP contribution is -2.31. The summed E-state index contributed by atoms with van der Waals surface area (Å²) < 4.78 is 0. The molecule has 0 bridgehead atoms. The number of carboxylic acid groups (broad SMARTS) is 1. The monoisotopic (exact) mass is 219 g/mol. The summed E-state index contributed by atoms with van der Waals surface area (Å²) >= 11 is 0. The highest BCUT2D eigenvalue weighted by Crippen LogP contribution is 2.27. The number of benzene rings is 1. The summed E-state index contributed by atoms with van der Waals surface area (Å²) in [5.41, 5.74) is 2.38. The molecular formula is C13H17NO2. The molecule has 86 valence electrons. The van der Waals surface area contributed by atoms with Crippen molar-refractivity contribution in [1.82, 2.24) is 0 Å². The number of carbonyl (C=O) groups is 1. The van der Waals surface area contributed by atoms with E-state index in [-0.39, 0.29) is 12.5 Å². The Hall–Kier alpha value is -1.51. The topological polar surface area (TPSA) is 40.5 Å². The molecule has 1 N–H and O–H groups in total. The Morgan fingerprint density at radius 1 is 1.56 bits per heavy atom. The van der Waals surface area contributed by atoms with E-state index in [1.54, 1.807) is 0 Å². The molecular weight excluding hydrogens is 202 g/mol. The number of rotatable bonds is 3. The highest BCUT2D eigenvalue weighted by molar-refractivity contribution is 5.69. The molecule has 1 aromatic rings. The minimum absolute atomic E-state index is 0.166. The zero-order chi connectivity index (χ0) is 11.5. The van der Waals surface area contributed by atoms with Crippen molar-refractivity contribution >= 4 is 11.7 Å². The molecule has 0 spiro atoms. The second-order valence-corrected chi connectivity index (χ2v) is 4.43. The van der Waals surface area contributed by atoms with Crippen molar-refractivity contribution in [2.75, 3.05) is 11.4 Å². The highest BCUT2D eigenvalue weighted by atomic mass is 16.4. The van der Waals surface area contributed by atoms with Crippen molar-refractivity contribution in [1.29, 1.82) is 0 Å². The fourth-order valence-corrected chi connectivity index (χ4v) is 2.40. The van der Waals surface area contributed by atoms with E-state index in [9.17, 15) is 4.79 Å². The van der Waals surface area contributed by atoms with Crippen LogP contribution in [0.2, 0.25) is 0 Å². The highest BCUT2D eigenvalue weighted by Gasteiger charge is 2.26. The molecule has 16 heavy (non-hydrogen) atoms. The van der Waals surface area contributed by atoms with Crippen LogP contribution in [0.25, 0.3) is 0 Å². The standard InChI is InChI=1S/C13H17NO2/c1-10-4-2-5-11(8-10)14-7-3-6-12(14)9-13(15)16/h2,4-5,8,12H,3,6-7,9H2,1H3,(H,15,16)/t12-/m1/s1. The molecule has 0 radical (unpaired) electrons. The summed E-state index contributed by atoms with van der Waals surface area (Å²) in [6.45, 7) is 3.03. The van der Waals surface area contributed by atoms with Crippen LogP contribution in [0.1, 0.15) is 24.8 Å². The van der Waals surface area contributed by atoms with Gasteiger partial charge in [-0.2, -0.15) is 0 Å². The van der Waals surface area contributed by atoms with Crippen LogP contribution < -0.4 is 4.90 Å². The van der Waals surface area contributed by atoms with Gasteiger partial charge in [-0.1, -0.05) is 12.1 Å². The largest absolute Gasteiger partial charge is 0.481 e. The van der Waals surface area contributed by atoms with Crippen molar-refractivity contribution in [3.8, 4) is 0 Å². The smallest absolute Gasteiger partial charge is 0.305 e. The molecule has 1 saturated heterocycles. The number of nitrogens with zero attached hydrogens (tertiary/aromatic N) is 1. The zero-order valence-corrected chi connectivity index (χ0v) is 9.52. The SMILES string of the molecule is Cc1cccc(N2CCC[C@@H]2CC(=O)O)c1. The first-order chi connectivity index (χ1) is 7.66. The van der Waals surface area contributed by atoms with E-state index in [0.717, 1.165) is 25.1 Å². The maximum Gasteiger partial charge on any atom is 0.305 e. The predicted molar refractivity (Wildman–Crippen MR) is 63.8 cm³/mol. The Kier molecular flexibility index (Phi) is 3.13. The third kappa shape index (κ3) is 2.35. The van der Waals surface area contributed by atoms with Gasteiger partial charge < -0.3 is 10.0 Å². The molecule has 3 nitrogen and oxygen atoms in total. The minimum Gasteiger partial charge on any atom is -0.481 e. The molecule has 1 atom stereocenters. The lowest BCUT2D eigenvalue weighted by atomic mass is 10.1. The quantitative estimate of drug-likeness (QED) is 0.848. The van der Waals surface area contributed by atoms with E-state index in [4.69, 9.17) is 5.11 Å². The molecule has 3 heteroatoms. The number of hydrogen-bond donors (Lipinski definition) is 1. The molecule has 1 aliphatic rings. The summed E-state index contributed by atoms with van der Waals surface area (Å²) in [5.74, 6) is -0.704. The molecule has 1 heterocycles. The average molecular weight is 219 g/mol. The van der Waals surface area contributed by atoms with E-state index in [2.05, 4.69) is 30.0 Å². The maximum absolute atomic E-state index is 10.8. The number of hydrogen-bond acceptors (Lipinski definition) is 2. The lowest BCUT2D eigenvalue weighted by Gasteiger charge is -2.26. The predicted octanol–water partition coefficient (Wildman–Crippen LogP) is 2.44. The Morgan fingerprint density at radius 3 is 3.06 bits per heavy atom. The third-order valence-electron chi connectivity index (χ3n) is 3.12. The van der Waals surface area contributed by atoms with Crippen molar-refractivity contribution in [3.05, 3.63) is 29.8 Å². The molecule has 1 fully saturated rings. The van der Waals surface area contributed by atoms with E-state index in [0.29, 0.717) is 0 Å². The Bertz CT molecular complexity index is 389. The van der Waals surface area contributed by atoms with Crippen LogP contribution in [0.3, 0.4) is 0 Å². The van der Waals surface area contributed by atoms with E-state index in [1.165, 1.54) is 5.56 Å². The fourth-order valence-electron chi connectivity index (χ4n) is 2.40. The molecule has 1 aromatic carbocycles. The Balaban J connectivity index is 2.16. The van der Waals surface area contributed by atoms with Gasteiger partial charge in [0.2, 0.25) is 0 Å². The molecule has 0 amide bonds.